The molecule has 1 rings (SSSR count). The van der Waals surface area contributed by atoms with E-state index in [9.17, 15) is 22.0 Å². The minimum Gasteiger partial charge on any atom is -0.396 e. The molecule has 0 radical (unpaired) electrons. The molecule has 0 aromatic carbocycles. The molecule has 2 atom stereocenters. The van der Waals surface area contributed by atoms with E-state index in [4.69, 9.17) is 10.2 Å². The topological polar surface area (TPSA) is 58.9 Å². The number of hydrogen-bond donors (Lipinski definition) is 2. The second-order valence-corrected chi connectivity index (χ2v) is 5.07. The number of hydrogen-bond acceptors (Lipinski definition) is 4. The van der Waals surface area contributed by atoms with Crippen LogP contribution in [0.25, 0.3) is 0 Å². The molecule has 0 spiro atoms. The molecule has 0 aromatic heterocycles. The van der Waals surface area contributed by atoms with Crippen molar-refractivity contribution in [3.8, 4) is 0 Å². The Morgan fingerprint density at radius 1 is 1.00 bits per heavy atom. The third kappa shape index (κ3) is 5.65. The number of halogens is 5. The van der Waals surface area contributed by atoms with Crippen molar-refractivity contribution in [2.45, 2.75) is 49.5 Å². The zero-order chi connectivity index (χ0) is 16.1. The molecule has 1 aliphatic rings. The molecule has 2 N–H and O–H groups in total. The fourth-order valence-electron chi connectivity index (χ4n) is 1.78. The summed E-state index contributed by atoms with van der Waals surface area (Å²) >= 11 is 0. The summed E-state index contributed by atoms with van der Waals surface area (Å²) in [5, 5.41) is 16.8. The molecular formula is C12H19F5O4. The van der Waals surface area contributed by atoms with Gasteiger partial charge in [-0.05, 0) is 6.42 Å². The van der Waals surface area contributed by atoms with Gasteiger partial charge in [-0.25, -0.2) is 22.0 Å². The Labute approximate surface area is 118 Å². The van der Waals surface area contributed by atoms with Crippen molar-refractivity contribution in [1.82, 2.24) is 0 Å². The zero-order valence-electron chi connectivity index (χ0n) is 11.3. The largest absolute Gasteiger partial charge is 0.396 e. The maximum Gasteiger partial charge on any atom is 0.273 e. The van der Waals surface area contributed by atoms with Gasteiger partial charge in [-0.3, -0.25) is 0 Å². The zero-order valence-corrected chi connectivity index (χ0v) is 11.3. The van der Waals surface area contributed by atoms with E-state index in [0.717, 1.165) is 0 Å². The summed E-state index contributed by atoms with van der Waals surface area (Å²) < 4.78 is 75.5. The maximum absolute atomic E-state index is 14.1. The summed E-state index contributed by atoms with van der Waals surface area (Å²) in [6, 6.07) is 0. The number of rotatable bonds is 10. The summed E-state index contributed by atoms with van der Waals surface area (Å²) in [6.07, 6.45) is -3.18. The van der Waals surface area contributed by atoms with Gasteiger partial charge in [-0.2, -0.15) is 0 Å². The van der Waals surface area contributed by atoms with Crippen molar-refractivity contribution >= 4 is 0 Å². The Kier molecular flexibility index (Phi) is 6.33. The molecule has 0 heterocycles. The molecule has 21 heavy (non-hydrogen) atoms. The predicted octanol–water partition coefficient (Wildman–Crippen LogP) is 1.88. The number of alkyl halides is 5. The Bertz CT molecular complexity index is 329. The van der Waals surface area contributed by atoms with Crippen LogP contribution in [0.1, 0.15) is 25.7 Å². The summed E-state index contributed by atoms with van der Waals surface area (Å²) in [4.78, 5) is 0. The minimum atomic E-state index is -3.39. The van der Waals surface area contributed by atoms with E-state index in [1.807, 2.05) is 0 Å². The summed E-state index contributed by atoms with van der Waals surface area (Å²) in [5.41, 5.74) is 0. The molecule has 0 saturated heterocycles. The van der Waals surface area contributed by atoms with Gasteiger partial charge >= 0.3 is 0 Å². The minimum absolute atomic E-state index is 0.0806. The van der Waals surface area contributed by atoms with Crippen LogP contribution in [0.3, 0.4) is 0 Å². The molecular weight excluding hydrogens is 303 g/mol. The second kappa shape index (κ2) is 7.17. The van der Waals surface area contributed by atoms with Crippen molar-refractivity contribution in [2.24, 2.45) is 0 Å². The van der Waals surface area contributed by atoms with Gasteiger partial charge < -0.3 is 19.7 Å². The van der Waals surface area contributed by atoms with E-state index < -0.39 is 63.1 Å². The smallest absolute Gasteiger partial charge is 0.273 e. The van der Waals surface area contributed by atoms with Crippen LogP contribution in [0.5, 0.6) is 0 Å². The molecule has 126 valence electrons. The first-order valence-corrected chi connectivity index (χ1v) is 6.56. The van der Waals surface area contributed by atoms with Crippen LogP contribution in [0.4, 0.5) is 22.0 Å². The first-order chi connectivity index (χ1) is 9.64. The molecule has 2 unspecified atom stereocenters. The normalized spacial score (nSPS) is 26.7. The quantitative estimate of drug-likeness (QED) is 0.603. The standard InChI is InChI=1S/C12H19F5O4/c13-10(14,3-5-18)7-20-9-1-2-12(9,17)21-8-11(15,16)4-6-19/h9,18-19H,1-8H2. The highest BCUT2D eigenvalue weighted by atomic mass is 19.3. The Balaban J connectivity index is 2.41. The van der Waals surface area contributed by atoms with Gasteiger partial charge in [0, 0.05) is 32.5 Å². The first kappa shape index (κ1) is 18.5. The van der Waals surface area contributed by atoms with Crippen LogP contribution in [-0.4, -0.2) is 60.4 Å². The maximum atomic E-state index is 14.1. The van der Waals surface area contributed by atoms with Crippen LogP contribution in [-0.2, 0) is 9.47 Å². The van der Waals surface area contributed by atoms with Crippen LogP contribution in [0.15, 0.2) is 0 Å². The summed E-state index contributed by atoms with van der Waals surface area (Å²) in [5.74, 6) is -9.23. The average molecular weight is 322 g/mol. The van der Waals surface area contributed by atoms with E-state index in [0.29, 0.717) is 0 Å². The molecule has 0 bridgehead atoms. The molecule has 1 fully saturated rings. The fraction of sp³-hybridized carbons (Fsp3) is 1.00. The molecule has 4 nitrogen and oxygen atoms in total. The third-order valence-corrected chi connectivity index (χ3v) is 3.20. The lowest BCUT2D eigenvalue weighted by molar-refractivity contribution is -0.300. The van der Waals surface area contributed by atoms with Gasteiger partial charge in [0.05, 0.1) is 0 Å². The monoisotopic (exact) mass is 322 g/mol. The lowest BCUT2D eigenvalue weighted by atomic mass is 9.88. The number of aliphatic hydroxyl groups is 2. The highest BCUT2D eigenvalue weighted by Crippen LogP contribution is 2.41. The van der Waals surface area contributed by atoms with Gasteiger partial charge in [0.1, 0.15) is 19.3 Å². The molecule has 0 aliphatic heterocycles. The van der Waals surface area contributed by atoms with E-state index in [-0.39, 0.29) is 12.8 Å². The molecule has 1 aliphatic carbocycles. The number of ether oxygens (including phenoxy) is 2. The fourth-order valence-corrected chi connectivity index (χ4v) is 1.78. The Morgan fingerprint density at radius 2 is 1.52 bits per heavy atom. The van der Waals surface area contributed by atoms with E-state index >= 15 is 0 Å². The van der Waals surface area contributed by atoms with Crippen molar-refractivity contribution in [3.63, 3.8) is 0 Å². The highest BCUT2D eigenvalue weighted by molar-refractivity contribution is 4.92. The van der Waals surface area contributed by atoms with Gasteiger partial charge in [-0.15, -0.1) is 0 Å². The van der Waals surface area contributed by atoms with Crippen molar-refractivity contribution in [1.29, 1.82) is 0 Å². The van der Waals surface area contributed by atoms with Crippen LogP contribution in [0.2, 0.25) is 0 Å². The molecule has 9 heteroatoms. The van der Waals surface area contributed by atoms with Crippen LogP contribution < -0.4 is 0 Å². The lowest BCUT2D eigenvalue weighted by Gasteiger charge is -2.42. The summed E-state index contributed by atoms with van der Waals surface area (Å²) in [7, 11) is 0. The van der Waals surface area contributed by atoms with Crippen molar-refractivity contribution < 1.29 is 41.6 Å². The van der Waals surface area contributed by atoms with Gasteiger partial charge in [0.15, 0.2) is 0 Å². The van der Waals surface area contributed by atoms with E-state index in [1.165, 1.54) is 0 Å². The lowest BCUT2D eigenvalue weighted by Crippen LogP contribution is -2.54. The highest BCUT2D eigenvalue weighted by Gasteiger charge is 2.52. The predicted molar refractivity (Wildman–Crippen MR) is 62.1 cm³/mol. The SMILES string of the molecule is OCCC(F)(F)COC1CCC1(F)OCC(F)(F)CCO. The van der Waals surface area contributed by atoms with Crippen LogP contribution in [0, 0.1) is 0 Å². The first-order valence-electron chi connectivity index (χ1n) is 6.56. The molecule has 0 amide bonds. The van der Waals surface area contributed by atoms with Crippen molar-refractivity contribution in [2.75, 3.05) is 26.4 Å². The Hall–Kier alpha value is -0.510. The summed E-state index contributed by atoms with van der Waals surface area (Å²) in [6.45, 7) is -3.88. The van der Waals surface area contributed by atoms with E-state index in [2.05, 4.69) is 9.47 Å². The van der Waals surface area contributed by atoms with Gasteiger partial charge in [-0.1, -0.05) is 0 Å². The van der Waals surface area contributed by atoms with Gasteiger partial charge in [0.2, 0.25) is 5.85 Å². The second-order valence-electron chi connectivity index (χ2n) is 5.07. The van der Waals surface area contributed by atoms with E-state index in [1.54, 1.807) is 0 Å². The third-order valence-electron chi connectivity index (χ3n) is 3.20. The number of aliphatic hydroxyl groups excluding tert-OH is 2. The average Bonchev–Trinajstić information content (AvgIpc) is 2.34. The molecule has 1 saturated carbocycles. The Morgan fingerprint density at radius 3 is 1.95 bits per heavy atom. The molecule has 0 aromatic rings. The van der Waals surface area contributed by atoms with Gasteiger partial charge in [0.25, 0.3) is 11.8 Å². The van der Waals surface area contributed by atoms with Crippen molar-refractivity contribution in [3.05, 3.63) is 0 Å². The van der Waals surface area contributed by atoms with Crippen LogP contribution >= 0.6 is 0 Å².